The summed E-state index contributed by atoms with van der Waals surface area (Å²) >= 11 is 0. The molecule has 0 saturated carbocycles. The smallest absolute Gasteiger partial charge is 0.258 e. The molecule has 0 unspecified atom stereocenters. The molecule has 0 heterocycles. The third-order valence-corrected chi connectivity index (χ3v) is 3.47. The normalized spacial score (nSPS) is 12.5. The van der Waals surface area contributed by atoms with Crippen LogP contribution < -0.4 is 0 Å². The van der Waals surface area contributed by atoms with Crippen LogP contribution in [0.4, 0.5) is 18.9 Å². The van der Waals surface area contributed by atoms with Gasteiger partial charge in [-0.1, -0.05) is 0 Å². The molecule has 0 amide bonds. The van der Waals surface area contributed by atoms with Crippen molar-refractivity contribution in [3.8, 4) is 0 Å². The van der Waals surface area contributed by atoms with Crippen molar-refractivity contribution in [1.29, 1.82) is 0 Å². The summed E-state index contributed by atoms with van der Waals surface area (Å²) in [4.78, 5) is 8.52. The molecule has 0 spiro atoms. The number of nitrogens with zero attached hydrogens (tertiary/aromatic N) is 1. The lowest BCUT2D eigenvalue weighted by Gasteiger charge is -2.11. The van der Waals surface area contributed by atoms with Crippen LogP contribution in [0.5, 0.6) is 0 Å². The maximum absolute atomic E-state index is 12.6. The van der Waals surface area contributed by atoms with Crippen LogP contribution in [0.3, 0.4) is 0 Å². The topological polar surface area (TPSA) is 77.3 Å². The molecule has 0 N–H and O–H groups in total. The fourth-order valence-electron chi connectivity index (χ4n) is 1.30. The molecule has 0 aliphatic heterocycles. The SMILES string of the molecule is Cc1c([N+](=O)[O-])cc(S(=O)(=O)Cl)cc1C(F)(F)F. The van der Waals surface area contributed by atoms with Crippen LogP contribution in [0.2, 0.25) is 0 Å². The van der Waals surface area contributed by atoms with Crippen molar-refractivity contribution in [2.75, 3.05) is 0 Å². The van der Waals surface area contributed by atoms with Crippen molar-refractivity contribution in [3.05, 3.63) is 33.4 Å². The van der Waals surface area contributed by atoms with Crippen LogP contribution in [0.1, 0.15) is 11.1 Å². The number of halogens is 4. The second-order valence-corrected chi connectivity index (χ2v) is 5.87. The summed E-state index contributed by atoms with van der Waals surface area (Å²) in [6.45, 7) is 0.881. The Balaban J connectivity index is 3.74. The molecule has 0 fully saturated rings. The molecule has 10 heteroatoms. The molecule has 0 aliphatic carbocycles. The summed E-state index contributed by atoms with van der Waals surface area (Å²) in [7, 11) is 0.401. The number of rotatable bonds is 2. The van der Waals surface area contributed by atoms with E-state index in [0.29, 0.717) is 6.07 Å². The number of nitro groups is 1. The van der Waals surface area contributed by atoms with Gasteiger partial charge in [0.1, 0.15) is 0 Å². The number of nitro benzene ring substituents is 1. The molecule has 0 aromatic heterocycles. The molecule has 0 aliphatic rings. The summed E-state index contributed by atoms with van der Waals surface area (Å²) in [5, 5.41) is 10.6. The van der Waals surface area contributed by atoms with Gasteiger partial charge in [-0.25, -0.2) is 8.42 Å². The van der Waals surface area contributed by atoms with Crippen molar-refractivity contribution in [2.45, 2.75) is 18.0 Å². The Morgan fingerprint density at radius 3 is 2.17 bits per heavy atom. The van der Waals surface area contributed by atoms with Gasteiger partial charge in [-0.3, -0.25) is 10.1 Å². The highest BCUT2D eigenvalue weighted by molar-refractivity contribution is 8.13. The molecular formula is C8H5ClF3NO4S. The number of alkyl halides is 3. The van der Waals surface area contributed by atoms with Crippen LogP contribution in [0.15, 0.2) is 17.0 Å². The van der Waals surface area contributed by atoms with Crippen LogP contribution in [-0.2, 0) is 15.2 Å². The molecule has 0 saturated heterocycles. The summed E-state index contributed by atoms with van der Waals surface area (Å²) in [5.41, 5.74) is -3.03. The molecule has 1 aromatic rings. The van der Waals surface area contributed by atoms with Gasteiger partial charge >= 0.3 is 6.18 Å². The lowest BCUT2D eigenvalue weighted by atomic mass is 10.1. The van der Waals surface area contributed by atoms with Gasteiger partial charge in [-0.2, -0.15) is 13.2 Å². The Morgan fingerprint density at radius 1 is 1.33 bits per heavy atom. The van der Waals surface area contributed by atoms with Gasteiger partial charge in [-0.05, 0) is 13.0 Å². The number of benzene rings is 1. The maximum atomic E-state index is 12.6. The maximum Gasteiger partial charge on any atom is 0.416 e. The molecule has 0 atom stereocenters. The number of hydrogen-bond acceptors (Lipinski definition) is 4. The third kappa shape index (κ3) is 2.91. The van der Waals surface area contributed by atoms with E-state index in [1.165, 1.54) is 0 Å². The van der Waals surface area contributed by atoms with Gasteiger partial charge in [0.25, 0.3) is 14.7 Å². The average Bonchev–Trinajstić information content (AvgIpc) is 2.13. The van der Waals surface area contributed by atoms with E-state index in [4.69, 9.17) is 10.7 Å². The zero-order valence-corrected chi connectivity index (χ0v) is 10.2. The van der Waals surface area contributed by atoms with Crippen molar-refractivity contribution in [1.82, 2.24) is 0 Å². The Morgan fingerprint density at radius 2 is 1.83 bits per heavy atom. The van der Waals surface area contributed by atoms with Crippen molar-refractivity contribution >= 4 is 25.4 Å². The van der Waals surface area contributed by atoms with Gasteiger partial charge < -0.3 is 0 Å². The lowest BCUT2D eigenvalue weighted by molar-refractivity contribution is -0.385. The molecule has 0 bridgehead atoms. The standard InChI is InChI=1S/C8H5ClF3NO4S/c1-4-6(8(10,11)12)2-5(18(9,16)17)3-7(4)13(14)15/h2-3H,1H3. The summed E-state index contributed by atoms with van der Waals surface area (Å²) in [5.74, 6) is 0. The zero-order chi connectivity index (χ0) is 14.3. The summed E-state index contributed by atoms with van der Waals surface area (Å²) < 4.78 is 59.7. The van der Waals surface area contributed by atoms with Gasteiger partial charge in [0.05, 0.1) is 15.4 Å². The van der Waals surface area contributed by atoms with E-state index < -0.39 is 41.9 Å². The Kier molecular flexibility index (Phi) is 3.59. The summed E-state index contributed by atoms with van der Waals surface area (Å²) in [6.07, 6.45) is -4.91. The molecule has 1 rings (SSSR count). The lowest BCUT2D eigenvalue weighted by Crippen LogP contribution is -2.11. The monoisotopic (exact) mass is 303 g/mol. The number of hydrogen-bond donors (Lipinski definition) is 0. The Hall–Kier alpha value is -1.35. The van der Waals surface area contributed by atoms with Crippen molar-refractivity contribution < 1.29 is 26.5 Å². The fraction of sp³-hybridized carbons (Fsp3) is 0.250. The van der Waals surface area contributed by atoms with Crippen LogP contribution in [0, 0.1) is 17.0 Å². The van der Waals surface area contributed by atoms with Crippen molar-refractivity contribution in [3.63, 3.8) is 0 Å². The fourth-order valence-corrected chi connectivity index (χ4v) is 2.08. The van der Waals surface area contributed by atoms with Crippen LogP contribution >= 0.6 is 10.7 Å². The molecule has 0 radical (unpaired) electrons. The van der Waals surface area contributed by atoms with Gasteiger partial charge in [0, 0.05) is 22.3 Å². The second kappa shape index (κ2) is 4.39. The predicted molar refractivity (Wildman–Crippen MR) is 55.9 cm³/mol. The minimum Gasteiger partial charge on any atom is -0.258 e. The van der Waals surface area contributed by atoms with E-state index >= 15 is 0 Å². The van der Waals surface area contributed by atoms with E-state index in [0.717, 1.165) is 6.92 Å². The van der Waals surface area contributed by atoms with E-state index in [9.17, 15) is 31.7 Å². The highest BCUT2D eigenvalue weighted by atomic mass is 35.7. The van der Waals surface area contributed by atoms with Gasteiger partial charge in [-0.15, -0.1) is 0 Å². The first-order valence-electron chi connectivity index (χ1n) is 4.25. The third-order valence-electron chi connectivity index (χ3n) is 2.14. The molecular weight excluding hydrogens is 299 g/mol. The van der Waals surface area contributed by atoms with Crippen LogP contribution in [0.25, 0.3) is 0 Å². The van der Waals surface area contributed by atoms with E-state index in [-0.39, 0.29) is 6.07 Å². The molecule has 100 valence electrons. The van der Waals surface area contributed by atoms with E-state index in [2.05, 4.69) is 0 Å². The Labute approximate surface area is 104 Å². The minimum atomic E-state index is -4.91. The minimum absolute atomic E-state index is 0.269. The molecule has 1 aromatic carbocycles. The predicted octanol–water partition coefficient (Wildman–Crippen LogP) is 2.85. The van der Waals surface area contributed by atoms with Gasteiger partial charge in [0.2, 0.25) is 0 Å². The quantitative estimate of drug-likeness (QED) is 0.478. The summed E-state index contributed by atoms with van der Waals surface area (Å²) in [6, 6.07) is 0.761. The molecule has 5 nitrogen and oxygen atoms in total. The first-order chi connectivity index (χ1) is 7.94. The van der Waals surface area contributed by atoms with E-state index in [1.807, 2.05) is 0 Å². The molecule has 18 heavy (non-hydrogen) atoms. The first-order valence-corrected chi connectivity index (χ1v) is 6.56. The Bertz CT molecular complexity index is 612. The zero-order valence-electron chi connectivity index (χ0n) is 8.66. The van der Waals surface area contributed by atoms with Gasteiger partial charge in [0.15, 0.2) is 0 Å². The van der Waals surface area contributed by atoms with Crippen molar-refractivity contribution in [2.24, 2.45) is 0 Å². The highest BCUT2D eigenvalue weighted by Gasteiger charge is 2.37. The highest BCUT2D eigenvalue weighted by Crippen LogP contribution is 2.38. The first kappa shape index (κ1) is 14.7. The second-order valence-electron chi connectivity index (χ2n) is 3.31. The van der Waals surface area contributed by atoms with E-state index in [1.54, 1.807) is 0 Å². The van der Waals surface area contributed by atoms with Crippen LogP contribution in [-0.4, -0.2) is 13.3 Å². The average molecular weight is 304 g/mol. The largest absolute Gasteiger partial charge is 0.416 e.